The molecule has 88 valence electrons. The summed E-state index contributed by atoms with van der Waals surface area (Å²) in [5.41, 5.74) is -5.64. The Kier molecular flexibility index (Phi) is 4.28. The molecule has 0 aromatic heterocycles. The minimum Gasteiger partial charge on any atom is -0.479 e. The highest BCUT2D eigenvalue weighted by molar-refractivity contribution is 7.87. The molecule has 0 radical (unpaired) electrons. The summed E-state index contributed by atoms with van der Waals surface area (Å²) in [4.78, 5) is 10.3. The van der Waals surface area contributed by atoms with Crippen LogP contribution in [0.1, 0.15) is 6.42 Å². The molecule has 0 bridgehead atoms. The quantitative estimate of drug-likeness (QED) is 0.444. The van der Waals surface area contributed by atoms with Gasteiger partial charge in [0.15, 0.2) is 6.10 Å². The van der Waals surface area contributed by atoms with Crippen molar-refractivity contribution in [2.75, 3.05) is 0 Å². The highest BCUT2D eigenvalue weighted by Crippen LogP contribution is 2.26. The van der Waals surface area contributed by atoms with Crippen molar-refractivity contribution in [1.82, 2.24) is 0 Å². The number of carbonyl (C=O) groups is 1. The fourth-order valence-electron chi connectivity index (χ4n) is 0.540. The molecule has 0 aromatic carbocycles. The van der Waals surface area contributed by atoms with E-state index in [0.717, 1.165) is 6.08 Å². The van der Waals surface area contributed by atoms with Crippen molar-refractivity contribution in [2.24, 2.45) is 0 Å². The molecule has 9 heteroatoms. The van der Waals surface area contributed by atoms with Gasteiger partial charge in [0.1, 0.15) is 0 Å². The van der Waals surface area contributed by atoms with Crippen LogP contribution in [0.5, 0.6) is 0 Å². The van der Waals surface area contributed by atoms with Gasteiger partial charge in [-0.25, -0.2) is 8.98 Å². The Morgan fingerprint density at radius 3 is 2.27 bits per heavy atom. The lowest BCUT2D eigenvalue weighted by Crippen LogP contribution is -2.33. The smallest absolute Gasteiger partial charge is 0.479 e. The lowest BCUT2D eigenvalue weighted by molar-refractivity contribution is -0.145. The number of halogens is 3. The highest BCUT2D eigenvalue weighted by Gasteiger charge is 2.49. The number of alkyl halides is 3. The van der Waals surface area contributed by atoms with Crippen molar-refractivity contribution < 1.29 is 35.7 Å². The van der Waals surface area contributed by atoms with E-state index in [0.29, 0.717) is 0 Å². The fraction of sp³-hybridized carbons (Fsp3) is 0.500. The van der Waals surface area contributed by atoms with Gasteiger partial charge < -0.3 is 5.11 Å². The van der Waals surface area contributed by atoms with E-state index in [2.05, 4.69) is 10.8 Å². The summed E-state index contributed by atoms with van der Waals surface area (Å²) in [6.07, 6.45) is -1.73. The standard InChI is InChI=1S/C6H7F3O5S/c1-2-3-4(5(10)11)14-15(12,13)6(7,8)9/h2,4H,1,3H2,(H,10,11). The van der Waals surface area contributed by atoms with E-state index in [1.54, 1.807) is 0 Å². The van der Waals surface area contributed by atoms with E-state index in [1.165, 1.54) is 0 Å². The Balaban J connectivity index is 4.83. The monoisotopic (exact) mass is 248 g/mol. The molecule has 0 saturated heterocycles. The summed E-state index contributed by atoms with van der Waals surface area (Å²) in [5, 5.41) is 8.33. The number of carboxylic acids is 1. The SMILES string of the molecule is C=CCC(OS(=O)(=O)C(F)(F)F)C(=O)O. The third kappa shape index (κ3) is 3.88. The molecule has 0 aliphatic rings. The van der Waals surface area contributed by atoms with Gasteiger partial charge in [-0.1, -0.05) is 6.08 Å². The van der Waals surface area contributed by atoms with Crippen LogP contribution in [-0.4, -0.2) is 31.1 Å². The van der Waals surface area contributed by atoms with Gasteiger partial charge >= 0.3 is 21.6 Å². The first-order valence-corrected chi connectivity index (χ1v) is 4.86. The third-order valence-electron chi connectivity index (χ3n) is 1.18. The molecule has 1 atom stereocenters. The predicted octanol–water partition coefficient (Wildman–Crippen LogP) is 0.882. The first-order chi connectivity index (χ1) is 6.62. The van der Waals surface area contributed by atoms with Crippen LogP contribution >= 0.6 is 0 Å². The van der Waals surface area contributed by atoms with Crippen LogP contribution in [0.25, 0.3) is 0 Å². The Morgan fingerprint density at radius 2 is 2.00 bits per heavy atom. The van der Waals surface area contributed by atoms with Gasteiger partial charge in [0, 0.05) is 6.42 Å². The summed E-state index contributed by atoms with van der Waals surface area (Å²) in [5.74, 6) is -1.82. The minimum absolute atomic E-state index is 0.551. The Morgan fingerprint density at radius 1 is 1.53 bits per heavy atom. The Hall–Kier alpha value is -1.09. The van der Waals surface area contributed by atoms with Gasteiger partial charge in [-0.15, -0.1) is 6.58 Å². The molecule has 0 heterocycles. The lowest BCUT2D eigenvalue weighted by Gasteiger charge is -2.13. The molecule has 0 aromatic rings. The molecule has 0 rings (SSSR count). The predicted molar refractivity (Wildman–Crippen MR) is 42.3 cm³/mol. The largest absolute Gasteiger partial charge is 0.523 e. The zero-order valence-electron chi connectivity index (χ0n) is 7.19. The van der Waals surface area contributed by atoms with Crippen molar-refractivity contribution >= 4 is 16.1 Å². The molecule has 1 N–H and O–H groups in total. The zero-order valence-corrected chi connectivity index (χ0v) is 8.01. The molecule has 5 nitrogen and oxygen atoms in total. The lowest BCUT2D eigenvalue weighted by atomic mass is 10.2. The first-order valence-electron chi connectivity index (χ1n) is 3.45. The minimum atomic E-state index is -5.89. The maximum absolute atomic E-state index is 11.8. The van der Waals surface area contributed by atoms with Crippen molar-refractivity contribution in [1.29, 1.82) is 0 Å². The number of carboxylic acid groups (broad SMARTS) is 1. The Bertz CT molecular complexity index is 344. The first kappa shape index (κ1) is 13.9. The molecule has 0 saturated carbocycles. The summed E-state index contributed by atoms with van der Waals surface area (Å²) in [6, 6.07) is 0. The van der Waals surface area contributed by atoms with Gasteiger partial charge in [0.05, 0.1) is 0 Å². The van der Waals surface area contributed by atoms with E-state index in [9.17, 15) is 26.4 Å². The summed E-state index contributed by atoms with van der Waals surface area (Å²) < 4.78 is 59.6. The molecule has 0 fully saturated rings. The van der Waals surface area contributed by atoms with Crippen molar-refractivity contribution in [3.8, 4) is 0 Å². The van der Waals surface area contributed by atoms with E-state index in [-0.39, 0.29) is 0 Å². The molecular formula is C6H7F3O5S. The average Bonchev–Trinajstić information content (AvgIpc) is 2.00. The fourth-order valence-corrected chi connectivity index (χ4v) is 1.12. The van der Waals surface area contributed by atoms with Crippen LogP contribution in [0, 0.1) is 0 Å². The second kappa shape index (κ2) is 4.62. The molecule has 0 amide bonds. The molecule has 15 heavy (non-hydrogen) atoms. The van der Waals surface area contributed by atoms with Crippen molar-refractivity contribution in [2.45, 2.75) is 18.0 Å². The van der Waals surface area contributed by atoms with E-state index >= 15 is 0 Å². The number of aliphatic carboxylic acids is 1. The summed E-state index contributed by atoms with van der Waals surface area (Å²) >= 11 is 0. The molecular weight excluding hydrogens is 241 g/mol. The van der Waals surface area contributed by atoms with Gasteiger partial charge in [0.25, 0.3) is 0 Å². The average molecular weight is 248 g/mol. The van der Waals surface area contributed by atoms with Gasteiger partial charge in [0.2, 0.25) is 0 Å². The molecule has 1 unspecified atom stereocenters. The van der Waals surface area contributed by atoms with E-state index in [1.807, 2.05) is 0 Å². The number of hydrogen-bond acceptors (Lipinski definition) is 4. The maximum atomic E-state index is 11.8. The highest BCUT2D eigenvalue weighted by atomic mass is 32.2. The zero-order chi connectivity index (χ0) is 12.3. The van der Waals surface area contributed by atoms with Gasteiger partial charge in [-0.3, -0.25) is 0 Å². The van der Waals surface area contributed by atoms with Crippen LogP contribution < -0.4 is 0 Å². The van der Waals surface area contributed by atoms with E-state index < -0.39 is 34.1 Å². The second-order valence-electron chi connectivity index (χ2n) is 2.35. The van der Waals surface area contributed by atoms with Crippen molar-refractivity contribution in [3.63, 3.8) is 0 Å². The van der Waals surface area contributed by atoms with Crippen LogP contribution in [0.3, 0.4) is 0 Å². The second-order valence-corrected chi connectivity index (χ2v) is 3.91. The number of rotatable bonds is 5. The molecule has 0 aliphatic heterocycles. The molecule has 0 aliphatic carbocycles. The Labute approximate surface area is 83.3 Å². The normalized spacial score (nSPS) is 14.6. The van der Waals surface area contributed by atoms with Crippen LogP contribution in [0.4, 0.5) is 13.2 Å². The van der Waals surface area contributed by atoms with Crippen LogP contribution in [0.15, 0.2) is 12.7 Å². The van der Waals surface area contributed by atoms with Crippen LogP contribution in [0.2, 0.25) is 0 Å². The summed E-state index contributed by atoms with van der Waals surface area (Å²) in [6.45, 7) is 3.06. The van der Waals surface area contributed by atoms with Gasteiger partial charge in [-0.05, 0) is 0 Å². The van der Waals surface area contributed by atoms with Crippen molar-refractivity contribution in [3.05, 3.63) is 12.7 Å². The van der Waals surface area contributed by atoms with Crippen LogP contribution in [-0.2, 0) is 19.1 Å². The topological polar surface area (TPSA) is 80.7 Å². The van der Waals surface area contributed by atoms with E-state index in [4.69, 9.17) is 5.11 Å². The number of hydrogen-bond donors (Lipinski definition) is 1. The maximum Gasteiger partial charge on any atom is 0.523 e. The summed E-state index contributed by atoms with van der Waals surface area (Å²) in [7, 11) is -5.89. The third-order valence-corrected chi connectivity index (χ3v) is 2.24. The molecule has 0 spiro atoms. The van der Waals surface area contributed by atoms with Gasteiger partial charge in [-0.2, -0.15) is 21.6 Å².